The van der Waals surface area contributed by atoms with Crippen molar-refractivity contribution in [3.05, 3.63) is 22.9 Å². The zero-order valence-corrected chi connectivity index (χ0v) is 8.20. The fraction of sp³-hybridized carbons (Fsp3) is 0.636. The molecule has 0 saturated heterocycles. The fourth-order valence-electron chi connectivity index (χ4n) is 2.15. The average Bonchev–Trinajstić information content (AvgIpc) is 2.27. The first kappa shape index (κ1) is 7.90. The maximum atomic E-state index is 3.52. The van der Waals surface area contributed by atoms with Gasteiger partial charge in [-0.1, -0.05) is 25.5 Å². The molecule has 1 aliphatic carbocycles. The molecular weight excluding hydrogens is 146 g/mol. The predicted molar refractivity (Wildman–Crippen MR) is 51.8 cm³/mol. The Kier molecular flexibility index (Phi) is 1.57. The van der Waals surface area contributed by atoms with Crippen LogP contribution in [0.2, 0.25) is 0 Å². The van der Waals surface area contributed by atoms with Crippen LogP contribution in [-0.4, -0.2) is 6.54 Å². The lowest BCUT2D eigenvalue weighted by molar-refractivity contribution is 0.462. The highest BCUT2D eigenvalue weighted by Gasteiger charge is 2.32. The van der Waals surface area contributed by atoms with E-state index in [9.17, 15) is 0 Å². The van der Waals surface area contributed by atoms with Gasteiger partial charge in [0, 0.05) is 24.1 Å². The smallest absolute Gasteiger partial charge is 0.0233 e. The van der Waals surface area contributed by atoms with Crippen molar-refractivity contribution in [3.63, 3.8) is 0 Å². The average molecular weight is 163 g/mol. The molecule has 0 atom stereocenters. The van der Waals surface area contributed by atoms with Crippen molar-refractivity contribution >= 4 is 0 Å². The molecular formula is C11H17N. The number of nitrogens with one attached hydrogen (secondary N) is 1. The lowest BCUT2D eigenvalue weighted by atomic mass is 9.81. The third kappa shape index (κ3) is 1.08. The van der Waals surface area contributed by atoms with Gasteiger partial charge in [0.15, 0.2) is 0 Å². The van der Waals surface area contributed by atoms with Crippen molar-refractivity contribution in [3.8, 4) is 0 Å². The summed E-state index contributed by atoms with van der Waals surface area (Å²) in [4.78, 5) is 0. The van der Waals surface area contributed by atoms with Crippen LogP contribution >= 0.6 is 0 Å². The minimum atomic E-state index is 0.395. The Hall–Kier alpha value is -0.720. The van der Waals surface area contributed by atoms with E-state index in [-0.39, 0.29) is 0 Å². The molecule has 1 aliphatic heterocycles. The van der Waals surface area contributed by atoms with E-state index in [0.717, 1.165) is 13.0 Å². The minimum Gasteiger partial charge on any atom is -0.387 e. The number of hydrogen-bond donors (Lipinski definition) is 1. The van der Waals surface area contributed by atoms with Gasteiger partial charge in [-0.2, -0.15) is 0 Å². The third-order valence-electron chi connectivity index (χ3n) is 3.04. The summed E-state index contributed by atoms with van der Waals surface area (Å²) in [7, 11) is 0. The second-order valence-electron chi connectivity index (χ2n) is 4.63. The topological polar surface area (TPSA) is 12.0 Å². The van der Waals surface area contributed by atoms with Gasteiger partial charge in [0.2, 0.25) is 0 Å². The molecule has 2 rings (SSSR count). The monoisotopic (exact) mass is 163 g/mol. The molecule has 0 aromatic rings. The van der Waals surface area contributed by atoms with Crippen molar-refractivity contribution in [2.24, 2.45) is 5.41 Å². The highest BCUT2D eigenvalue weighted by Crippen LogP contribution is 2.39. The quantitative estimate of drug-likeness (QED) is 0.541. The number of rotatable bonds is 0. The van der Waals surface area contributed by atoms with Gasteiger partial charge >= 0.3 is 0 Å². The van der Waals surface area contributed by atoms with Gasteiger partial charge in [-0.15, -0.1) is 0 Å². The van der Waals surface area contributed by atoms with Gasteiger partial charge in [0.1, 0.15) is 0 Å². The molecule has 0 fully saturated rings. The Morgan fingerprint density at radius 3 is 2.92 bits per heavy atom. The Morgan fingerprint density at radius 2 is 2.17 bits per heavy atom. The Morgan fingerprint density at radius 1 is 1.42 bits per heavy atom. The summed E-state index contributed by atoms with van der Waals surface area (Å²) in [6.45, 7) is 8.00. The fourth-order valence-corrected chi connectivity index (χ4v) is 2.15. The van der Waals surface area contributed by atoms with E-state index in [2.05, 4.69) is 32.2 Å². The largest absolute Gasteiger partial charge is 0.387 e. The molecule has 12 heavy (non-hydrogen) atoms. The van der Waals surface area contributed by atoms with Crippen LogP contribution < -0.4 is 5.32 Å². The van der Waals surface area contributed by atoms with Crippen LogP contribution in [-0.2, 0) is 0 Å². The van der Waals surface area contributed by atoms with Crippen LogP contribution in [0.15, 0.2) is 22.9 Å². The van der Waals surface area contributed by atoms with E-state index in [1.54, 1.807) is 5.57 Å². The summed E-state index contributed by atoms with van der Waals surface area (Å²) in [5, 5.41) is 3.52. The van der Waals surface area contributed by atoms with Crippen LogP contribution in [0.1, 0.15) is 33.6 Å². The molecule has 0 aromatic carbocycles. The van der Waals surface area contributed by atoms with E-state index in [1.165, 1.54) is 17.7 Å². The zero-order chi connectivity index (χ0) is 8.77. The van der Waals surface area contributed by atoms with Gasteiger partial charge < -0.3 is 5.32 Å². The predicted octanol–water partition coefficient (Wildman–Crippen LogP) is 2.61. The maximum absolute atomic E-state index is 3.52. The summed E-state index contributed by atoms with van der Waals surface area (Å²) < 4.78 is 0. The summed E-state index contributed by atoms with van der Waals surface area (Å²) in [6.07, 6.45) is 4.69. The number of hydrogen-bond acceptors (Lipinski definition) is 1. The summed E-state index contributed by atoms with van der Waals surface area (Å²) in [6, 6.07) is 0. The molecule has 66 valence electrons. The molecule has 0 spiro atoms. The van der Waals surface area contributed by atoms with E-state index in [4.69, 9.17) is 0 Å². The van der Waals surface area contributed by atoms with E-state index in [1.807, 2.05) is 0 Å². The molecule has 0 amide bonds. The van der Waals surface area contributed by atoms with Gasteiger partial charge in [0.25, 0.3) is 0 Å². The molecule has 1 nitrogen and oxygen atoms in total. The molecule has 2 aliphatic rings. The molecule has 0 saturated carbocycles. The maximum Gasteiger partial charge on any atom is 0.0233 e. The molecule has 0 aromatic heterocycles. The highest BCUT2D eigenvalue weighted by molar-refractivity contribution is 5.35. The summed E-state index contributed by atoms with van der Waals surface area (Å²) in [5.41, 5.74) is 5.04. The lowest BCUT2D eigenvalue weighted by Crippen LogP contribution is -2.19. The molecule has 1 heterocycles. The van der Waals surface area contributed by atoms with Crippen LogP contribution in [0, 0.1) is 5.41 Å². The first-order chi connectivity index (χ1) is 5.59. The second kappa shape index (κ2) is 2.38. The second-order valence-corrected chi connectivity index (χ2v) is 4.63. The first-order valence-corrected chi connectivity index (χ1v) is 4.71. The van der Waals surface area contributed by atoms with Crippen molar-refractivity contribution in [1.29, 1.82) is 0 Å². The standard InChI is InChI=1S/C11H17N/c1-8-4-5-9-10(6-8)12-7-11(9,2)3/h4,12H,5-7H2,1-3H3. The van der Waals surface area contributed by atoms with E-state index < -0.39 is 0 Å². The summed E-state index contributed by atoms with van der Waals surface area (Å²) in [5.74, 6) is 0. The van der Waals surface area contributed by atoms with Crippen molar-refractivity contribution in [2.75, 3.05) is 6.54 Å². The van der Waals surface area contributed by atoms with Gasteiger partial charge in [-0.25, -0.2) is 0 Å². The molecule has 1 heteroatoms. The highest BCUT2D eigenvalue weighted by atomic mass is 14.9. The van der Waals surface area contributed by atoms with E-state index >= 15 is 0 Å². The van der Waals surface area contributed by atoms with Crippen molar-refractivity contribution in [2.45, 2.75) is 33.6 Å². The Balaban J connectivity index is 2.28. The zero-order valence-electron chi connectivity index (χ0n) is 8.20. The lowest BCUT2D eigenvalue weighted by Gasteiger charge is -2.22. The van der Waals surface area contributed by atoms with Crippen LogP contribution in [0.4, 0.5) is 0 Å². The normalized spacial score (nSPS) is 26.4. The molecule has 0 radical (unpaired) electrons. The van der Waals surface area contributed by atoms with Gasteiger partial charge in [-0.05, 0) is 18.9 Å². The SMILES string of the molecule is CC1=CCC2=C(C1)NCC2(C)C. The van der Waals surface area contributed by atoms with Crippen LogP contribution in [0.5, 0.6) is 0 Å². The van der Waals surface area contributed by atoms with Gasteiger partial charge in [-0.3, -0.25) is 0 Å². The summed E-state index contributed by atoms with van der Waals surface area (Å²) >= 11 is 0. The van der Waals surface area contributed by atoms with Gasteiger partial charge in [0.05, 0.1) is 0 Å². The molecule has 1 N–H and O–H groups in total. The number of allylic oxidation sites excluding steroid dienone is 2. The third-order valence-corrected chi connectivity index (χ3v) is 3.04. The molecule has 0 bridgehead atoms. The Labute approximate surface area is 74.5 Å². The van der Waals surface area contributed by atoms with Crippen molar-refractivity contribution < 1.29 is 0 Å². The molecule has 0 unspecified atom stereocenters. The van der Waals surface area contributed by atoms with Crippen LogP contribution in [0.3, 0.4) is 0 Å². The minimum absolute atomic E-state index is 0.395. The first-order valence-electron chi connectivity index (χ1n) is 4.71. The Bertz CT molecular complexity index is 269. The van der Waals surface area contributed by atoms with Crippen LogP contribution in [0.25, 0.3) is 0 Å². The van der Waals surface area contributed by atoms with Crippen molar-refractivity contribution in [1.82, 2.24) is 5.32 Å². The van der Waals surface area contributed by atoms with E-state index in [0.29, 0.717) is 5.41 Å².